The lowest BCUT2D eigenvalue weighted by molar-refractivity contribution is -0.0511. The van der Waals surface area contributed by atoms with Crippen LogP contribution in [-0.2, 0) is 4.74 Å². The van der Waals surface area contributed by atoms with Gasteiger partial charge in [0.15, 0.2) is 17.4 Å². The largest absolute Gasteiger partial charge is 0.394 e. The molecule has 0 unspecified atom stereocenters. The second-order valence-electron chi connectivity index (χ2n) is 5.60. The van der Waals surface area contributed by atoms with Gasteiger partial charge in [0.2, 0.25) is 0 Å². The molecule has 9 nitrogen and oxygen atoms in total. The molecule has 2 aromatic rings. The number of fused-ring (bicyclic) bond motifs is 1. The Morgan fingerprint density at radius 1 is 1.27 bits per heavy atom. The van der Waals surface area contributed by atoms with Gasteiger partial charge in [0.05, 0.1) is 12.9 Å². The smallest absolute Gasteiger partial charge is 0.281 e. The first kappa shape index (κ1) is 15.1. The number of aliphatic hydroxyl groups is 3. The number of aromatic nitrogens is 4. The number of rotatable bonds is 3. The van der Waals surface area contributed by atoms with Gasteiger partial charge < -0.3 is 20.1 Å². The topological polar surface area (TPSA) is 123 Å². The Balaban J connectivity index is 2.07. The van der Waals surface area contributed by atoms with E-state index in [1.54, 1.807) is 0 Å². The fraction of sp³-hybridized carbons (Fsp3) is 0.615. The first-order chi connectivity index (χ1) is 10.5. The van der Waals surface area contributed by atoms with Crippen molar-refractivity contribution in [1.29, 1.82) is 0 Å². The maximum absolute atomic E-state index is 12.3. The molecule has 22 heavy (non-hydrogen) atoms. The highest BCUT2D eigenvalue weighted by Crippen LogP contribution is 2.30. The summed E-state index contributed by atoms with van der Waals surface area (Å²) in [6, 6.07) is -0.0523. The van der Waals surface area contributed by atoms with Crippen LogP contribution in [0.15, 0.2) is 17.4 Å². The van der Waals surface area contributed by atoms with Crippen LogP contribution in [-0.4, -0.2) is 59.3 Å². The summed E-state index contributed by atoms with van der Waals surface area (Å²) in [5, 5.41) is 29.0. The molecular formula is C13H18N4O5. The van der Waals surface area contributed by atoms with E-state index in [9.17, 15) is 15.0 Å². The van der Waals surface area contributed by atoms with E-state index >= 15 is 0 Å². The quantitative estimate of drug-likeness (QED) is 0.649. The molecule has 3 heterocycles. The van der Waals surface area contributed by atoms with Crippen molar-refractivity contribution < 1.29 is 20.1 Å². The van der Waals surface area contributed by atoms with Crippen LogP contribution in [0.25, 0.3) is 11.2 Å². The van der Waals surface area contributed by atoms with Crippen molar-refractivity contribution in [3.05, 3.63) is 23.0 Å². The Morgan fingerprint density at radius 2 is 2.00 bits per heavy atom. The summed E-state index contributed by atoms with van der Waals surface area (Å²) in [7, 11) is 0. The second kappa shape index (κ2) is 5.43. The molecule has 1 aliphatic rings. The molecule has 2 aromatic heterocycles. The van der Waals surface area contributed by atoms with Gasteiger partial charge in [0.25, 0.3) is 5.56 Å². The van der Waals surface area contributed by atoms with Gasteiger partial charge in [-0.25, -0.2) is 9.97 Å². The molecule has 0 bridgehead atoms. The Morgan fingerprint density at radius 3 is 2.59 bits per heavy atom. The van der Waals surface area contributed by atoms with Crippen LogP contribution in [0.2, 0.25) is 0 Å². The average Bonchev–Trinajstić information content (AvgIpc) is 3.02. The number of hydrogen-bond donors (Lipinski definition) is 3. The molecule has 0 aromatic carbocycles. The van der Waals surface area contributed by atoms with E-state index in [1.165, 1.54) is 21.8 Å². The number of imidazole rings is 1. The molecule has 0 spiro atoms. The van der Waals surface area contributed by atoms with E-state index in [-0.39, 0.29) is 22.8 Å². The van der Waals surface area contributed by atoms with Crippen molar-refractivity contribution in [2.75, 3.05) is 6.61 Å². The summed E-state index contributed by atoms with van der Waals surface area (Å²) in [5.74, 6) is 0. The van der Waals surface area contributed by atoms with E-state index < -0.39 is 31.1 Å². The predicted molar refractivity (Wildman–Crippen MR) is 75.2 cm³/mol. The molecule has 0 saturated carbocycles. The van der Waals surface area contributed by atoms with Crippen molar-refractivity contribution in [1.82, 2.24) is 19.1 Å². The van der Waals surface area contributed by atoms with Gasteiger partial charge in [-0.2, -0.15) is 0 Å². The highest BCUT2D eigenvalue weighted by atomic mass is 16.6. The average molecular weight is 310 g/mol. The zero-order chi connectivity index (χ0) is 16.0. The highest BCUT2D eigenvalue weighted by Gasteiger charge is 2.44. The van der Waals surface area contributed by atoms with E-state index in [1.807, 2.05) is 13.8 Å². The molecular weight excluding hydrogens is 292 g/mol. The number of aliphatic hydroxyl groups excluding tert-OH is 3. The molecule has 120 valence electrons. The third-order valence-electron chi connectivity index (χ3n) is 3.86. The van der Waals surface area contributed by atoms with Crippen LogP contribution in [0, 0.1) is 0 Å². The number of hydrogen-bond acceptors (Lipinski definition) is 7. The predicted octanol–water partition coefficient (Wildman–Crippen LogP) is -1.21. The molecule has 0 aliphatic carbocycles. The van der Waals surface area contributed by atoms with E-state index in [4.69, 9.17) is 9.84 Å². The lowest BCUT2D eigenvalue weighted by Gasteiger charge is -2.16. The van der Waals surface area contributed by atoms with Gasteiger partial charge >= 0.3 is 0 Å². The van der Waals surface area contributed by atoms with Gasteiger partial charge in [0.1, 0.15) is 24.6 Å². The fourth-order valence-electron chi connectivity index (χ4n) is 2.59. The second-order valence-corrected chi connectivity index (χ2v) is 5.60. The summed E-state index contributed by atoms with van der Waals surface area (Å²) < 4.78 is 8.28. The van der Waals surface area contributed by atoms with Crippen molar-refractivity contribution in [2.24, 2.45) is 0 Å². The Hall–Kier alpha value is -1.81. The Labute approximate surface area is 125 Å². The Kier molecular flexibility index (Phi) is 3.73. The van der Waals surface area contributed by atoms with Crippen molar-refractivity contribution in [3.8, 4) is 0 Å². The van der Waals surface area contributed by atoms with Crippen LogP contribution in [0.3, 0.4) is 0 Å². The maximum atomic E-state index is 12.3. The Bertz CT molecular complexity index is 740. The zero-order valence-corrected chi connectivity index (χ0v) is 12.2. The SMILES string of the molecule is CC(C)n1cnc2c(ncn2[C@@H]2O[C@H](CO)[C@@H](O)[C@H]2O)c1=O. The van der Waals surface area contributed by atoms with Gasteiger partial charge in [-0.05, 0) is 13.8 Å². The van der Waals surface area contributed by atoms with Crippen LogP contribution in [0.4, 0.5) is 0 Å². The van der Waals surface area contributed by atoms with Crippen molar-refractivity contribution >= 4 is 11.2 Å². The summed E-state index contributed by atoms with van der Waals surface area (Å²) in [6.07, 6.45) is -1.57. The van der Waals surface area contributed by atoms with Crippen molar-refractivity contribution in [3.63, 3.8) is 0 Å². The fourth-order valence-corrected chi connectivity index (χ4v) is 2.59. The van der Waals surface area contributed by atoms with Gasteiger partial charge in [-0.15, -0.1) is 0 Å². The number of nitrogens with zero attached hydrogens (tertiary/aromatic N) is 4. The molecule has 3 N–H and O–H groups in total. The summed E-state index contributed by atoms with van der Waals surface area (Å²) in [5.41, 5.74) is 0.135. The molecule has 4 atom stereocenters. The number of ether oxygens (including phenoxy) is 1. The van der Waals surface area contributed by atoms with Crippen LogP contribution < -0.4 is 5.56 Å². The van der Waals surface area contributed by atoms with Crippen LogP contribution in [0.1, 0.15) is 26.1 Å². The molecule has 1 fully saturated rings. The monoisotopic (exact) mass is 310 g/mol. The normalized spacial score (nSPS) is 28.8. The molecule has 1 aliphatic heterocycles. The zero-order valence-electron chi connectivity index (χ0n) is 12.2. The minimum absolute atomic E-state index is 0.0523. The van der Waals surface area contributed by atoms with Gasteiger partial charge in [-0.3, -0.25) is 13.9 Å². The van der Waals surface area contributed by atoms with Crippen LogP contribution in [0.5, 0.6) is 0 Å². The highest BCUT2D eigenvalue weighted by molar-refractivity contribution is 5.69. The summed E-state index contributed by atoms with van der Waals surface area (Å²) in [6.45, 7) is 3.30. The van der Waals surface area contributed by atoms with E-state index in [0.29, 0.717) is 0 Å². The van der Waals surface area contributed by atoms with Crippen molar-refractivity contribution in [2.45, 2.75) is 44.4 Å². The maximum Gasteiger partial charge on any atom is 0.281 e. The lowest BCUT2D eigenvalue weighted by atomic mass is 10.1. The first-order valence-corrected chi connectivity index (χ1v) is 7.01. The minimum atomic E-state index is -1.25. The summed E-state index contributed by atoms with van der Waals surface area (Å²) >= 11 is 0. The van der Waals surface area contributed by atoms with Gasteiger partial charge in [0, 0.05) is 6.04 Å². The molecule has 9 heteroatoms. The molecule has 0 radical (unpaired) electrons. The third-order valence-corrected chi connectivity index (χ3v) is 3.86. The van der Waals surface area contributed by atoms with Crippen LogP contribution >= 0.6 is 0 Å². The first-order valence-electron chi connectivity index (χ1n) is 7.01. The lowest BCUT2D eigenvalue weighted by Crippen LogP contribution is -2.33. The standard InChI is InChI=1S/C13H18N4O5/c1-6(2)16-5-15-11-8(12(16)21)14-4-17(11)13-10(20)9(19)7(3-18)22-13/h4-7,9-10,13,18-20H,3H2,1-2H3/t7-,9-,10-,13-/m1/s1. The molecule has 1 saturated heterocycles. The third kappa shape index (κ3) is 2.13. The minimum Gasteiger partial charge on any atom is -0.394 e. The molecule has 3 rings (SSSR count). The van der Waals surface area contributed by atoms with E-state index in [2.05, 4.69) is 9.97 Å². The van der Waals surface area contributed by atoms with Gasteiger partial charge in [-0.1, -0.05) is 0 Å². The molecule has 0 amide bonds. The summed E-state index contributed by atoms with van der Waals surface area (Å²) in [4.78, 5) is 20.6. The van der Waals surface area contributed by atoms with E-state index in [0.717, 1.165) is 0 Å².